The van der Waals surface area contributed by atoms with Crippen LogP contribution in [0.3, 0.4) is 0 Å². The second-order valence-corrected chi connectivity index (χ2v) is 7.42. The van der Waals surface area contributed by atoms with Gasteiger partial charge in [-0.15, -0.1) is 11.3 Å². The summed E-state index contributed by atoms with van der Waals surface area (Å²) in [6.07, 6.45) is 1.34. The van der Waals surface area contributed by atoms with Crippen molar-refractivity contribution in [1.82, 2.24) is 4.31 Å². The summed E-state index contributed by atoms with van der Waals surface area (Å²) in [5.74, 6) is -0.375. The second kappa shape index (κ2) is 5.06. The summed E-state index contributed by atoms with van der Waals surface area (Å²) in [6, 6.07) is 3.28. The molecule has 0 bridgehead atoms. The van der Waals surface area contributed by atoms with Crippen LogP contribution >= 0.6 is 22.9 Å². The number of thiophene rings is 1. The number of carbonyl (C=O) groups excluding carboxylic acids is 1. The number of rotatable bonds is 3. The van der Waals surface area contributed by atoms with Gasteiger partial charge in [0.15, 0.2) is 0 Å². The molecule has 1 aromatic heterocycles. The average Bonchev–Trinajstić information content (AvgIpc) is 2.83. The SMILES string of the molecule is O=C(Cl)[C@H]1CCCN(S(=O)(=O)c2cccs2)C1. The van der Waals surface area contributed by atoms with Gasteiger partial charge in [-0.2, -0.15) is 4.31 Å². The quantitative estimate of drug-likeness (QED) is 0.800. The molecule has 4 nitrogen and oxygen atoms in total. The summed E-state index contributed by atoms with van der Waals surface area (Å²) in [7, 11) is -3.44. The molecular formula is C10H12ClNO3S2. The third-order valence-electron chi connectivity index (χ3n) is 2.79. The number of halogens is 1. The molecule has 0 saturated carbocycles. The highest BCUT2D eigenvalue weighted by Gasteiger charge is 2.33. The molecule has 1 saturated heterocycles. The fourth-order valence-corrected chi connectivity index (χ4v) is 4.73. The normalized spacial score (nSPS) is 22.5. The van der Waals surface area contributed by atoms with Gasteiger partial charge in [0.05, 0.1) is 0 Å². The summed E-state index contributed by atoms with van der Waals surface area (Å²) in [6.45, 7) is 0.656. The molecular weight excluding hydrogens is 282 g/mol. The minimum Gasteiger partial charge on any atom is -0.281 e. The van der Waals surface area contributed by atoms with Gasteiger partial charge in [0.2, 0.25) is 5.24 Å². The summed E-state index contributed by atoms with van der Waals surface area (Å²) in [5, 5.41) is 1.28. The number of nitrogens with zero attached hydrogens (tertiary/aromatic N) is 1. The molecule has 2 rings (SSSR count). The predicted octanol–water partition coefficient (Wildman–Crippen LogP) is 1.91. The maximum absolute atomic E-state index is 12.2. The Hall–Kier alpha value is -0.430. The van der Waals surface area contributed by atoms with E-state index in [2.05, 4.69) is 0 Å². The third kappa shape index (κ3) is 2.70. The van der Waals surface area contributed by atoms with E-state index >= 15 is 0 Å². The van der Waals surface area contributed by atoms with Crippen LogP contribution in [0.15, 0.2) is 21.7 Å². The van der Waals surface area contributed by atoms with Crippen molar-refractivity contribution in [3.63, 3.8) is 0 Å². The number of hydrogen-bond donors (Lipinski definition) is 0. The van der Waals surface area contributed by atoms with E-state index in [1.165, 1.54) is 15.6 Å². The first-order valence-corrected chi connectivity index (χ1v) is 7.94. The number of carbonyl (C=O) groups is 1. The highest BCUT2D eigenvalue weighted by atomic mass is 35.5. The van der Waals surface area contributed by atoms with E-state index in [0.29, 0.717) is 23.6 Å². The third-order valence-corrected chi connectivity index (χ3v) is 6.34. The maximum Gasteiger partial charge on any atom is 0.252 e. The predicted molar refractivity (Wildman–Crippen MR) is 66.7 cm³/mol. The lowest BCUT2D eigenvalue weighted by atomic mass is 10.0. The lowest BCUT2D eigenvalue weighted by Crippen LogP contribution is -2.41. The van der Waals surface area contributed by atoms with Crippen molar-refractivity contribution in [2.75, 3.05) is 13.1 Å². The van der Waals surface area contributed by atoms with Crippen LogP contribution in [0.4, 0.5) is 0 Å². The molecule has 7 heteroatoms. The molecule has 0 N–H and O–H groups in total. The van der Waals surface area contributed by atoms with Crippen molar-refractivity contribution in [3.05, 3.63) is 17.5 Å². The summed E-state index contributed by atoms with van der Waals surface area (Å²) in [5.41, 5.74) is 0. The molecule has 1 aliphatic rings. The maximum atomic E-state index is 12.2. The van der Waals surface area contributed by atoms with Crippen molar-refractivity contribution < 1.29 is 13.2 Å². The lowest BCUT2D eigenvalue weighted by molar-refractivity contribution is -0.116. The van der Waals surface area contributed by atoms with Crippen molar-refractivity contribution in [2.24, 2.45) is 5.92 Å². The Bertz CT molecular complexity index is 498. The fraction of sp³-hybridized carbons (Fsp3) is 0.500. The van der Waals surface area contributed by atoms with Gasteiger partial charge in [0.25, 0.3) is 10.0 Å². The molecule has 2 heterocycles. The van der Waals surface area contributed by atoms with E-state index in [1.54, 1.807) is 17.5 Å². The summed E-state index contributed by atoms with van der Waals surface area (Å²) >= 11 is 6.62. The van der Waals surface area contributed by atoms with Crippen molar-refractivity contribution >= 4 is 38.2 Å². The smallest absolute Gasteiger partial charge is 0.252 e. The van der Waals surface area contributed by atoms with Crippen LogP contribution in [-0.4, -0.2) is 31.1 Å². The van der Waals surface area contributed by atoms with E-state index in [-0.39, 0.29) is 12.5 Å². The molecule has 1 aliphatic heterocycles. The van der Waals surface area contributed by atoms with Gasteiger partial charge in [0.1, 0.15) is 4.21 Å². The Morgan fingerprint density at radius 3 is 2.88 bits per heavy atom. The molecule has 1 aromatic rings. The van der Waals surface area contributed by atoms with Crippen LogP contribution in [0.2, 0.25) is 0 Å². The number of sulfonamides is 1. The van der Waals surface area contributed by atoms with Gasteiger partial charge in [-0.1, -0.05) is 6.07 Å². The average molecular weight is 294 g/mol. The molecule has 0 aliphatic carbocycles. The van der Waals surface area contributed by atoms with Crippen molar-refractivity contribution in [2.45, 2.75) is 17.1 Å². The molecule has 0 radical (unpaired) electrons. The van der Waals surface area contributed by atoms with Crippen molar-refractivity contribution in [3.8, 4) is 0 Å². The van der Waals surface area contributed by atoms with Crippen LogP contribution < -0.4 is 0 Å². The molecule has 17 heavy (non-hydrogen) atoms. The Balaban J connectivity index is 2.20. The van der Waals surface area contributed by atoms with Crippen LogP contribution in [-0.2, 0) is 14.8 Å². The number of hydrogen-bond acceptors (Lipinski definition) is 4. The molecule has 94 valence electrons. The highest BCUT2D eigenvalue weighted by Crippen LogP contribution is 2.27. The van der Waals surface area contributed by atoms with Gasteiger partial charge in [-0.3, -0.25) is 4.79 Å². The van der Waals surface area contributed by atoms with Crippen molar-refractivity contribution in [1.29, 1.82) is 0 Å². The zero-order chi connectivity index (χ0) is 12.5. The Morgan fingerprint density at radius 1 is 1.53 bits per heavy atom. The molecule has 0 aromatic carbocycles. The molecule has 0 unspecified atom stereocenters. The van der Waals surface area contributed by atoms with Crippen LogP contribution in [0.5, 0.6) is 0 Å². The molecule has 0 spiro atoms. The monoisotopic (exact) mass is 293 g/mol. The Kier molecular flexibility index (Phi) is 3.87. The van der Waals surface area contributed by atoms with Gasteiger partial charge in [-0.25, -0.2) is 8.42 Å². The van der Waals surface area contributed by atoms with E-state index in [0.717, 1.165) is 0 Å². The standard InChI is InChI=1S/C10H12ClNO3S2/c11-10(13)8-3-1-5-12(7-8)17(14,15)9-4-2-6-16-9/h2,4,6,8H,1,3,5,7H2/t8-/m0/s1. The van der Waals surface area contributed by atoms with E-state index in [9.17, 15) is 13.2 Å². The fourth-order valence-electron chi connectivity index (χ4n) is 1.88. The van der Waals surface area contributed by atoms with Crippen LogP contribution in [0, 0.1) is 5.92 Å². The number of piperidine rings is 1. The minimum absolute atomic E-state index is 0.197. The van der Waals surface area contributed by atoms with Gasteiger partial charge in [0, 0.05) is 19.0 Å². The lowest BCUT2D eigenvalue weighted by Gasteiger charge is -2.29. The van der Waals surface area contributed by atoms with E-state index in [1.807, 2.05) is 0 Å². The first-order valence-electron chi connectivity index (χ1n) is 5.25. The Labute approximate surface area is 109 Å². The minimum atomic E-state index is -3.44. The molecule has 1 fully saturated rings. The summed E-state index contributed by atoms with van der Waals surface area (Å²) in [4.78, 5) is 11.1. The first-order chi connectivity index (χ1) is 8.01. The molecule has 0 amide bonds. The first kappa shape index (κ1) is 13.0. The largest absolute Gasteiger partial charge is 0.281 e. The Morgan fingerprint density at radius 2 is 2.29 bits per heavy atom. The van der Waals surface area contributed by atoms with E-state index in [4.69, 9.17) is 11.6 Å². The molecule has 1 atom stereocenters. The zero-order valence-corrected chi connectivity index (χ0v) is 11.4. The van der Waals surface area contributed by atoms with Gasteiger partial charge >= 0.3 is 0 Å². The van der Waals surface area contributed by atoms with E-state index < -0.39 is 15.3 Å². The van der Waals surface area contributed by atoms with Crippen LogP contribution in [0.1, 0.15) is 12.8 Å². The zero-order valence-electron chi connectivity index (χ0n) is 9.00. The van der Waals surface area contributed by atoms with Crippen LogP contribution in [0.25, 0.3) is 0 Å². The highest BCUT2D eigenvalue weighted by molar-refractivity contribution is 7.91. The summed E-state index contributed by atoms with van der Waals surface area (Å²) < 4.78 is 26.1. The van der Waals surface area contributed by atoms with Gasteiger partial charge < -0.3 is 0 Å². The topological polar surface area (TPSA) is 54.5 Å². The second-order valence-electron chi connectivity index (χ2n) is 3.94. The van der Waals surface area contributed by atoms with Gasteiger partial charge in [-0.05, 0) is 35.9 Å².